The number of aromatic nitrogens is 2. The number of pyridine rings is 2. The van der Waals surface area contributed by atoms with Crippen LogP contribution < -0.4 is 10.1 Å². The van der Waals surface area contributed by atoms with Crippen LogP contribution >= 0.6 is 11.6 Å². The van der Waals surface area contributed by atoms with Gasteiger partial charge >= 0.3 is 11.9 Å². The number of ether oxygens (including phenoxy) is 4. The maximum Gasteiger partial charge on any atom is 0.308 e. The monoisotopic (exact) mass is 901 g/mol. The molecule has 0 unspecified atom stereocenters. The van der Waals surface area contributed by atoms with Crippen LogP contribution in [0.4, 0.5) is 11.4 Å². The Hall–Kier alpha value is -4.35. The molecule has 6 saturated heterocycles. The molecule has 15 nitrogen and oxygen atoms in total. The van der Waals surface area contributed by atoms with Crippen LogP contribution in [0.25, 0.3) is 21.9 Å². The van der Waals surface area contributed by atoms with Crippen molar-refractivity contribution in [1.29, 1.82) is 0 Å². The highest BCUT2D eigenvalue weighted by Crippen LogP contribution is 2.60. The number of nitrogens with zero attached hydrogens (tertiary/aromatic N) is 4. The van der Waals surface area contributed by atoms with E-state index < -0.39 is 35.9 Å². The summed E-state index contributed by atoms with van der Waals surface area (Å²) < 4.78 is 23.2. The van der Waals surface area contributed by atoms with Gasteiger partial charge in [-0.05, 0) is 126 Å². The summed E-state index contributed by atoms with van der Waals surface area (Å²) in [6, 6.07) is 13.6. The van der Waals surface area contributed by atoms with Gasteiger partial charge in [-0.1, -0.05) is 25.4 Å². The Balaban J connectivity index is 0.000000170. The van der Waals surface area contributed by atoms with E-state index in [0.29, 0.717) is 29.0 Å². The van der Waals surface area contributed by atoms with Gasteiger partial charge in [0.2, 0.25) is 18.0 Å². The summed E-state index contributed by atoms with van der Waals surface area (Å²) >= 11 is 6.32. The first-order valence-electron chi connectivity index (χ1n) is 22.9. The number of carbonyl (C=O) groups excluding carboxylic acids is 1. The topological polar surface area (TPSA) is 174 Å². The number of anilines is 2. The zero-order valence-corrected chi connectivity index (χ0v) is 37.9. The molecule has 2 aromatic carbocycles. The van der Waals surface area contributed by atoms with Gasteiger partial charge in [0, 0.05) is 64.6 Å². The number of hydrogen-bond donors (Lipinski definition) is 3. The molecule has 7 fully saturated rings. The number of esters is 1. The molecule has 6 aliphatic heterocycles. The third kappa shape index (κ3) is 8.97. The zero-order chi connectivity index (χ0) is 44.8. The van der Waals surface area contributed by atoms with E-state index in [-0.39, 0.29) is 30.6 Å². The van der Waals surface area contributed by atoms with Gasteiger partial charge in [0.25, 0.3) is 0 Å². The van der Waals surface area contributed by atoms with Crippen molar-refractivity contribution in [2.75, 3.05) is 38.6 Å². The van der Waals surface area contributed by atoms with E-state index in [4.69, 9.17) is 55.4 Å². The van der Waals surface area contributed by atoms with Crippen LogP contribution in [0, 0.1) is 23.7 Å². The van der Waals surface area contributed by atoms with Gasteiger partial charge < -0.3 is 34.5 Å². The Morgan fingerprint density at radius 2 is 1.59 bits per heavy atom. The molecule has 4 aromatic rings. The summed E-state index contributed by atoms with van der Waals surface area (Å²) in [5, 5.41) is 25.3. The summed E-state index contributed by atoms with van der Waals surface area (Å²) in [5.74, 6) is -0.879. The zero-order valence-electron chi connectivity index (χ0n) is 37.1. The number of halogens is 1. The summed E-state index contributed by atoms with van der Waals surface area (Å²) in [6.45, 7) is 11.8. The van der Waals surface area contributed by atoms with Crippen LogP contribution in [-0.2, 0) is 46.7 Å². The number of carboxylic acids is 1. The summed E-state index contributed by atoms with van der Waals surface area (Å²) in [7, 11) is 1.62. The first-order chi connectivity index (χ1) is 30.8. The molecule has 1 spiro atoms. The van der Waals surface area contributed by atoms with E-state index in [0.717, 1.165) is 103 Å². The van der Waals surface area contributed by atoms with Crippen molar-refractivity contribution in [2.24, 2.45) is 23.7 Å². The Bertz CT molecular complexity index is 2340. The van der Waals surface area contributed by atoms with Crippen molar-refractivity contribution < 1.29 is 48.5 Å². The van der Waals surface area contributed by atoms with Crippen LogP contribution in [0.15, 0.2) is 42.5 Å². The fourth-order valence-electron chi connectivity index (χ4n) is 11.0. The number of benzene rings is 2. The third-order valence-corrected chi connectivity index (χ3v) is 14.6. The standard InChI is InChI=1S/C29H32ClN5O2.C19H28O8/c1-37-26-9-8-24-28(33-26)27(23-7-6-21(30)16-25(23)32-24)31-22-14-19(17-34-10-2-3-11-34)29(36)20(15-22)18-35-12-4-5-13-35;1-10-4-5-13-11(2)16(23-15(22)7-6-14(20)21)24-17-19(13)12(10)8-9-18(3,25-17)26-27-19/h6-9,14-16,36H,2-5,10-13,17-18H2,1H3,(H,31,32);10-13,16-17H,4-9H2,1-3H3,(H,20,21)/t;10-,11-,12+,13+,16-,17-,18-,19-/m.1/s1. The molecule has 2 bridgehead atoms. The quantitative estimate of drug-likeness (QED) is 0.0564. The fourth-order valence-corrected chi connectivity index (χ4v) is 11.2. The summed E-state index contributed by atoms with van der Waals surface area (Å²) in [5.41, 5.74) is 5.26. The molecular weight excluding hydrogens is 842 g/mol. The number of rotatable bonds is 11. The smallest absolute Gasteiger partial charge is 0.308 e. The van der Waals surface area contributed by atoms with Crippen LogP contribution in [0.3, 0.4) is 0 Å². The molecule has 1 aliphatic carbocycles. The second kappa shape index (κ2) is 18.5. The highest BCUT2D eigenvalue weighted by atomic mass is 35.5. The lowest BCUT2D eigenvalue weighted by molar-refractivity contribution is -0.576. The number of phenolic OH excluding ortho intramolecular Hbond substituents is 1. The maximum absolute atomic E-state index is 12.1. The first kappa shape index (κ1) is 44.8. The van der Waals surface area contributed by atoms with E-state index in [9.17, 15) is 14.7 Å². The second-order valence-corrected chi connectivity index (χ2v) is 19.2. The minimum Gasteiger partial charge on any atom is -0.507 e. The largest absolute Gasteiger partial charge is 0.507 e. The van der Waals surface area contributed by atoms with E-state index in [1.807, 2.05) is 44.2 Å². The molecule has 8 atom stereocenters. The third-order valence-electron chi connectivity index (χ3n) is 14.4. The molecule has 16 heteroatoms. The number of likely N-dealkylation sites (tertiary alicyclic amines) is 2. The van der Waals surface area contributed by atoms with Crippen molar-refractivity contribution in [3.05, 3.63) is 58.6 Å². The Labute approximate surface area is 378 Å². The molecule has 0 radical (unpaired) electrons. The molecule has 344 valence electrons. The number of aromatic hydroxyl groups is 1. The minimum absolute atomic E-state index is 0.0670. The number of hydrogen-bond acceptors (Lipinski definition) is 14. The van der Waals surface area contributed by atoms with Gasteiger partial charge in [-0.3, -0.25) is 19.4 Å². The average Bonchev–Trinajstić information content (AvgIpc) is 3.95. The highest BCUT2D eigenvalue weighted by molar-refractivity contribution is 6.31. The Morgan fingerprint density at radius 3 is 2.27 bits per heavy atom. The van der Waals surface area contributed by atoms with Crippen LogP contribution in [0.2, 0.25) is 5.02 Å². The van der Waals surface area contributed by atoms with Crippen LogP contribution in [-0.4, -0.2) is 99.2 Å². The van der Waals surface area contributed by atoms with E-state index in [1.165, 1.54) is 25.7 Å². The summed E-state index contributed by atoms with van der Waals surface area (Å²) in [4.78, 5) is 48.9. The Morgan fingerprint density at radius 1 is 0.891 bits per heavy atom. The number of carboxylic acid groups (broad SMARTS) is 1. The molecular formula is C48H60ClN5O10. The molecule has 7 aliphatic rings. The lowest BCUT2D eigenvalue weighted by Crippen LogP contribution is -2.70. The van der Waals surface area contributed by atoms with Crippen molar-refractivity contribution in [1.82, 2.24) is 19.8 Å². The van der Waals surface area contributed by atoms with Crippen molar-refractivity contribution in [3.8, 4) is 11.6 Å². The number of nitrogens with one attached hydrogen (secondary N) is 1. The molecule has 1 saturated carbocycles. The molecule has 8 heterocycles. The lowest BCUT2D eigenvalue weighted by Gasteiger charge is -2.59. The van der Waals surface area contributed by atoms with Crippen LogP contribution in [0.5, 0.6) is 11.6 Å². The van der Waals surface area contributed by atoms with Gasteiger partial charge in [-0.2, -0.15) is 0 Å². The van der Waals surface area contributed by atoms with Crippen LogP contribution in [0.1, 0.15) is 96.1 Å². The molecule has 0 amide bonds. The average molecular weight is 902 g/mol. The SMILES string of the molecule is COc1ccc2nc3cc(Cl)ccc3c(Nc3cc(CN4CCCC4)c(O)c(CN4CCCC4)c3)c2n1.C[C@H]1[C@H](OC(=O)CCC(=O)O)O[C@@H]2O[C@@]3(C)CC[C@H]4[C@H](C)CC[C@@H]1[C@@]24OO3. The molecule has 11 rings (SSSR count). The van der Waals surface area contributed by atoms with Gasteiger partial charge in [0.05, 0.1) is 36.7 Å². The molecule has 64 heavy (non-hydrogen) atoms. The predicted octanol–water partition coefficient (Wildman–Crippen LogP) is 8.69. The summed E-state index contributed by atoms with van der Waals surface area (Å²) in [6.07, 6.45) is 6.57. The number of carbonyl (C=O) groups is 2. The van der Waals surface area contributed by atoms with Gasteiger partial charge in [-0.15, -0.1) is 0 Å². The van der Waals surface area contributed by atoms with Crippen molar-refractivity contribution in [2.45, 2.75) is 122 Å². The normalized spacial score (nSPS) is 30.1. The van der Waals surface area contributed by atoms with Crippen molar-refractivity contribution >= 4 is 56.9 Å². The first-order valence-corrected chi connectivity index (χ1v) is 23.3. The number of phenols is 1. The van der Waals surface area contributed by atoms with E-state index >= 15 is 0 Å². The van der Waals surface area contributed by atoms with Crippen molar-refractivity contribution in [3.63, 3.8) is 0 Å². The highest BCUT2D eigenvalue weighted by Gasteiger charge is 2.69. The molecule has 3 N–H and O–H groups in total. The van der Waals surface area contributed by atoms with Gasteiger partial charge in [0.15, 0.2) is 11.9 Å². The minimum atomic E-state index is -1.03. The number of aliphatic carboxylic acids is 1. The maximum atomic E-state index is 12.1. The van der Waals surface area contributed by atoms with Gasteiger partial charge in [0.1, 0.15) is 11.3 Å². The number of methoxy groups -OCH3 is 1. The number of fused-ring (bicyclic) bond motifs is 4. The van der Waals surface area contributed by atoms with Gasteiger partial charge in [-0.25, -0.2) is 19.7 Å². The fraction of sp³-hybridized carbons (Fsp3) is 0.583. The predicted molar refractivity (Wildman–Crippen MR) is 239 cm³/mol. The lowest BCUT2D eigenvalue weighted by atomic mass is 9.58. The second-order valence-electron chi connectivity index (χ2n) is 18.8. The molecule has 2 aromatic heterocycles. The Kier molecular flexibility index (Phi) is 13.0. The van der Waals surface area contributed by atoms with E-state index in [2.05, 4.69) is 34.2 Å². The van der Waals surface area contributed by atoms with E-state index in [1.54, 1.807) is 7.11 Å².